The number of hydrogen-bond donors (Lipinski definition) is 2. The standard InChI is InChI=1S/C19H30N4O6/c1-4-20-14(24)10-22(5-2)15(25)12-29-16(26)11-23-17(27)19(21-18(23)28)9-7-6-8-13(19)3/h13H,4-12H2,1-3H3,(H,20,24)(H,21,28)/t13-,19-/m0/s1. The largest absolute Gasteiger partial charge is 0.454 e. The summed E-state index contributed by atoms with van der Waals surface area (Å²) in [5.74, 6) is -2.11. The third kappa shape index (κ3) is 5.04. The molecule has 29 heavy (non-hydrogen) atoms. The number of esters is 1. The SMILES string of the molecule is CCNC(=O)CN(CC)C(=O)COC(=O)CN1C(=O)N[C@]2(CCCC[C@@H]2C)C1=O. The quantitative estimate of drug-likeness (QED) is 0.429. The van der Waals surface area contributed by atoms with Crippen LogP contribution in [-0.2, 0) is 23.9 Å². The molecule has 1 saturated carbocycles. The second-order valence-corrected chi connectivity index (χ2v) is 7.46. The van der Waals surface area contributed by atoms with Crippen LogP contribution in [0.2, 0.25) is 0 Å². The van der Waals surface area contributed by atoms with Gasteiger partial charge in [-0.1, -0.05) is 19.8 Å². The van der Waals surface area contributed by atoms with Crippen LogP contribution in [0.15, 0.2) is 0 Å². The van der Waals surface area contributed by atoms with E-state index in [0.717, 1.165) is 24.2 Å². The van der Waals surface area contributed by atoms with E-state index < -0.39 is 42.5 Å². The van der Waals surface area contributed by atoms with Gasteiger partial charge in [0, 0.05) is 13.1 Å². The fraction of sp³-hybridized carbons (Fsp3) is 0.737. The van der Waals surface area contributed by atoms with Gasteiger partial charge in [0.15, 0.2) is 6.61 Å². The molecule has 1 spiro atoms. The first-order valence-corrected chi connectivity index (χ1v) is 10.1. The van der Waals surface area contributed by atoms with E-state index in [1.54, 1.807) is 13.8 Å². The van der Waals surface area contributed by atoms with Crippen molar-refractivity contribution in [2.75, 3.05) is 32.8 Å². The van der Waals surface area contributed by atoms with Crippen LogP contribution in [0.1, 0.15) is 46.5 Å². The summed E-state index contributed by atoms with van der Waals surface area (Å²) in [5.41, 5.74) is -0.947. The maximum absolute atomic E-state index is 12.8. The van der Waals surface area contributed by atoms with Gasteiger partial charge in [0.1, 0.15) is 12.1 Å². The van der Waals surface area contributed by atoms with Crippen molar-refractivity contribution in [3.05, 3.63) is 0 Å². The van der Waals surface area contributed by atoms with E-state index >= 15 is 0 Å². The lowest BCUT2D eigenvalue weighted by molar-refractivity contribution is -0.154. The predicted molar refractivity (Wildman–Crippen MR) is 103 cm³/mol. The van der Waals surface area contributed by atoms with Gasteiger partial charge in [0.25, 0.3) is 11.8 Å². The van der Waals surface area contributed by atoms with Gasteiger partial charge in [-0.25, -0.2) is 4.79 Å². The normalized spacial score (nSPS) is 23.7. The van der Waals surface area contributed by atoms with Crippen LogP contribution in [-0.4, -0.2) is 77.8 Å². The molecule has 2 fully saturated rings. The number of carbonyl (C=O) groups excluding carboxylic acids is 5. The lowest BCUT2D eigenvalue weighted by Crippen LogP contribution is -2.54. The molecule has 1 aliphatic heterocycles. The number of ether oxygens (including phenoxy) is 1. The summed E-state index contributed by atoms with van der Waals surface area (Å²) in [4.78, 5) is 63.2. The number of likely N-dealkylation sites (N-methyl/N-ethyl adjacent to an activating group) is 2. The number of nitrogens with zero attached hydrogens (tertiary/aromatic N) is 2. The fourth-order valence-corrected chi connectivity index (χ4v) is 3.85. The Labute approximate surface area is 170 Å². The highest BCUT2D eigenvalue weighted by molar-refractivity contribution is 6.09. The minimum Gasteiger partial charge on any atom is -0.454 e. The predicted octanol–water partition coefficient (Wildman–Crippen LogP) is 0.0149. The van der Waals surface area contributed by atoms with Crippen molar-refractivity contribution in [2.24, 2.45) is 5.92 Å². The Bertz CT molecular complexity index is 682. The molecule has 1 heterocycles. The molecule has 0 aromatic rings. The molecule has 0 aromatic carbocycles. The van der Waals surface area contributed by atoms with Crippen molar-refractivity contribution in [1.29, 1.82) is 0 Å². The fourth-order valence-electron chi connectivity index (χ4n) is 3.85. The van der Waals surface area contributed by atoms with E-state index in [1.807, 2.05) is 6.92 Å². The first-order valence-electron chi connectivity index (χ1n) is 10.1. The van der Waals surface area contributed by atoms with Crippen LogP contribution < -0.4 is 10.6 Å². The summed E-state index contributed by atoms with van der Waals surface area (Å²) in [6.45, 7) is 4.89. The minimum atomic E-state index is -0.947. The maximum atomic E-state index is 12.8. The van der Waals surface area contributed by atoms with Crippen LogP contribution in [0.4, 0.5) is 4.79 Å². The molecule has 0 unspecified atom stereocenters. The third-order valence-electron chi connectivity index (χ3n) is 5.59. The zero-order valence-electron chi connectivity index (χ0n) is 17.3. The van der Waals surface area contributed by atoms with Gasteiger partial charge in [-0.15, -0.1) is 0 Å². The highest BCUT2D eigenvalue weighted by Crippen LogP contribution is 2.38. The molecule has 1 aliphatic carbocycles. The molecule has 162 valence electrons. The van der Waals surface area contributed by atoms with Crippen LogP contribution >= 0.6 is 0 Å². The molecule has 2 atom stereocenters. The Kier molecular flexibility index (Phi) is 7.58. The first-order chi connectivity index (χ1) is 13.7. The molecule has 2 rings (SSSR count). The van der Waals surface area contributed by atoms with Crippen molar-refractivity contribution in [3.8, 4) is 0 Å². The highest BCUT2D eigenvalue weighted by atomic mass is 16.5. The third-order valence-corrected chi connectivity index (χ3v) is 5.59. The lowest BCUT2D eigenvalue weighted by Gasteiger charge is -2.36. The van der Waals surface area contributed by atoms with Gasteiger partial charge in [-0.05, 0) is 32.6 Å². The summed E-state index contributed by atoms with van der Waals surface area (Å²) in [6, 6.07) is -0.613. The summed E-state index contributed by atoms with van der Waals surface area (Å²) in [6.07, 6.45) is 3.22. The number of carbonyl (C=O) groups is 5. The highest BCUT2D eigenvalue weighted by Gasteiger charge is 2.55. The zero-order chi connectivity index (χ0) is 21.6. The van der Waals surface area contributed by atoms with Gasteiger partial charge in [-0.2, -0.15) is 0 Å². The molecular formula is C19H30N4O6. The van der Waals surface area contributed by atoms with Crippen LogP contribution in [0.25, 0.3) is 0 Å². The smallest absolute Gasteiger partial charge is 0.326 e. The van der Waals surface area contributed by atoms with Crippen molar-refractivity contribution < 1.29 is 28.7 Å². The monoisotopic (exact) mass is 410 g/mol. The number of hydrogen-bond acceptors (Lipinski definition) is 6. The molecule has 2 aliphatic rings. The Balaban J connectivity index is 1.88. The lowest BCUT2D eigenvalue weighted by atomic mass is 9.73. The average molecular weight is 410 g/mol. The Morgan fingerprint density at radius 2 is 2.00 bits per heavy atom. The summed E-state index contributed by atoms with van der Waals surface area (Å²) >= 11 is 0. The van der Waals surface area contributed by atoms with E-state index in [0.29, 0.717) is 13.0 Å². The van der Waals surface area contributed by atoms with Crippen molar-refractivity contribution in [2.45, 2.75) is 52.0 Å². The van der Waals surface area contributed by atoms with Crippen molar-refractivity contribution in [3.63, 3.8) is 0 Å². The number of rotatable bonds is 8. The van der Waals surface area contributed by atoms with E-state index in [1.165, 1.54) is 4.90 Å². The molecule has 2 N–H and O–H groups in total. The number of nitrogens with one attached hydrogen (secondary N) is 2. The molecule has 10 nitrogen and oxygen atoms in total. The van der Waals surface area contributed by atoms with Gasteiger partial charge in [0.05, 0.1) is 6.54 Å². The number of amides is 5. The van der Waals surface area contributed by atoms with E-state index in [9.17, 15) is 24.0 Å². The van der Waals surface area contributed by atoms with E-state index in [2.05, 4.69) is 10.6 Å². The topological polar surface area (TPSA) is 125 Å². The molecule has 10 heteroatoms. The van der Waals surface area contributed by atoms with Gasteiger partial charge >= 0.3 is 12.0 Å². The van der Waals surface area contributed by atoms with Gasteiger partial charge < -0.3 is 20.3 Å². The minimum absolute atomic E-state index is 0.0114. The number of imide groups is 1. The van der Waals surface area contributed by atoms with Crippen molar-refractivity contribution in [1.82, 2.24) is 20.4 Å². The molecule has 5 amide bonds. The molecule has 0 aromatic heterocycles. The summed E-state index contributed by atoms with van der Waals surface area (Å²) < 4.78 is 4.95. The summed E-state index contributed by atoms with van der Waals surface area (Å²) in [7, 11) is 0. The molecule has 1 saturated heterocycles. The Hall–Kier alpha value is -2.65. The zero-order valence-corrected chi connectivity index (χ0v) is 17.3. The Morgan fingerprint density at radius 1 is 1.28 bits per heavy atom. The second-order valence-electron chi connectivity index (χ2n) is 7.46. The van der Waals surface area contributed by atoms with Gasteiger partial charge in [-0.3, -0.25) is 24.1 Å². The van der Waals surface area contributed by atoms with Crippen LogP contribution in [0.3, 0.4) is 0 Å². The molecular weight excluding hydrogens is 380 g/mol. The number of urea groups is 1. The molecule has 0 radical (unpaired) electrons. The van der Waals surface area contributed by atoms with Crippen LogP contribution in [0, 0.1) is 5.92 Å². The average Bonchev–Trinajstić information content (AvgIpc) is 2.91. The Morgan fingerprint density at radius 3 is 2.62 bits per heavy atom. The second kappa shape index (κ2) is 9.71. The van der Waals surface area contributed by atoms with Gasteiger partial charge in [0.2, 0.25) is 5.91 Å². The van der Waals surface area contributed by atoms with Crippen molar-refractivity contribution >= 4 is 29.7 Å². The van der Waals surface area contributed by atoms with Crippen LogP contribution in [0.5, 0.6) is 0 Å². The first kappa shape index (κ1) is 22.6. The van der Waals surface area contributed by atoms with E-state index in [-0.39, 0.29) is 24.9 Å². The summed E-state index contributed by atoms with van der Waals surface area (Å²) in [5, 5.41) is 5.35. The molecule has 0 bridgehead atoms. The maximum Gasteiger partial charge on any atom is 0.326 e. The van der Waals surface area contributed by atoms with E-state index in [4.69, 9.17) is 4.74 Å².